The molecule has 2 aliphatic carbocycles. The maximum Gasteiger partial charge on any atom is 0.256 e. The van der Waals surface area contributed by atoms with Gasteiger partial charge in [-0.2, -0.15) is 9.19 Å². The van der Waals surface area contributed by atoms with E-state index in [0.717, 1.165) is 65.5 Å². The number of nitrogens with one attached hydrogen (secondary N) is 2. The van der Waals surface area contributed by atoms with Crippen molar-refractivity contribution in [2.24, 2.45) is 0 Å². The molecule has 3 aliphatic rings. The molecule has 14 heteroatoms. The fraction of sp³-hybridized carbons (Fsp3) is 0.452. The van der Waals surface area contributed by atoms with Gasteiger partial charge in [0.1, 0.15) is 11.6 Å². The van der Waals surface area contributed by atoms with Crippen LogP contribution in [0, 0.1) is 0 Å². The summed E-state index contributed by atoms with van der Waals surface area (Å²) in [4.78, 5) is 20.7. The molecule has 0 radical (unpaired) electrons. The van der Waals surface area contributed by atoms with E-state index in [1.807, 2.05) is 31.5 Å². The van der Waals surface area contributed by atoms with Gasteiger partial charge in [0.15, 0.2) is 5.82 Å². The van der Waals surface area contributed by atoms with Gasteiger partial charge in [-0.05, 0) is 63.6 Å². The zero-order valence-electron chi connectivity index (χ0n) is 25.1. The molecule has 3 N–H and O–H groups in total. The van der Waals surface area contributed by atoms with E-state index in [1.54, 1.807) is 12.3 Å². The fourth-order valence-electron chi connectivity index (χ4n) is 5.81. The second-order valence-corrected chi connectivity index (χ2v) is 14.3. The highest BCUT2D eigenvalue weighted by molar-refractivity contribution is 7.90. The molecule has 0 bridgehead atoms. The molecule has 45 heavy (non-hydrogen) atoms. The van der Waals surface area contributed by atoms with E-state index >= 15 is 0 Å². The van der Waals surface area contributed by atoms with Crippen LogP contribution in [-0.2, 0) is 14.8 Å². The summed E-state index contributed by atoms with van der Waals surface area (Å²) in [6, 6.07) is 7.98. The molecule has 4 aromatic rings. The van der Waals surface area contributed by atoms with Crippen LogP contribution in [0.25, 0.3) is 22.6 Å². The second-order valence-electron chi connectivity index (χ2n) is 12.3. The monoisotopic (exact) mass is 631 g/mol. The van der Waals surface area contributed by atoms with Crippen LogP contribution < -0.4 is 15.5 Å². The summed E-state index contributed by atoms with van der Waals surface area (Å²) in [5.41, 5.74) is 3.53. The topological polar surface area (TPSA) is 160 Å². The normalized spacial score (nSPS) is 22.3. The van der Waals surface area contributed by atoms with E-state index in [1.165, 1.54) is 12.4 Å². The molecule has 4 aromatic heterocycles. The Morgan fingerprint density at radius 1 is 0.978 bits per heavy atom. The second kappa shape index (κ2) is 12.0. The predicted molar refractivity (Wildman–Crippen MR) is 171 cm³/mol. The van der Waals surface area contributed by atoms with Gasteiger partial charge in [0.25, 0.3) is 10.0 Å². The maximum absolute atomic E-state index is 12.6. The lowest BCUT2D eigenvalue weighted by molar-refractivity contribution is 0.0196. The molecule has 3 fully saturated rings. The number of nitrogens with zero attached hydrogens (tertiary/aromatic N) is 7. The van der Waals surface area contributed by atoms with E-state index in [4.69, 9.17) is 14.7 Å². The molecule has 0 unspecified atom stereocenters. The van der Waals surface area contributed by atoms with Crippen LogP contribution in [0.3, 0.4) is 0 Å². The Morgan fingerprint density at radius 3 is 2.53 bits per heavy atom. The SMILES string of the molecule is CC1(O)CCC(Nc2cc(Nc3ccnc(-c4cnn(S(=O)(=O)C5CC5)c4)n3)ncc2-c2cc(N3CCOCC3)ccn2)CC1. The molecule has 236 valence electrons. The van der Waals surface area contributed by atoms with Gasteiger partial charge in [0.2, 0.25) is 0 Å². The lowest BCUT2D eigenvalue weighted by Gasteiger charge is -2.34. The van der Waals surface area contributed by atoms with Crippen molar-refractivity contribution >= 4 is 33.0 Å². The number of morpholine rings is 1. The number of aliphatic hydroxyl groups is 1. The summed E-state index contributed by atoms with van der Waals surface area (Å²) in [6.45, 7) is 4.96. The summed E-state index contributed by atoms with van der Waals surface area (Å²) in [7, 11) is -3.48. The van der Waals surface area contributed by atoms with Gasteiger partial charge in [0.05, 0.1) is 47.7 Å². The highest BCUT2D eigenvalue weighted by Gasteiger charge is 2.37. The average Bonchev–Trinajstić information content (AvgIpc) is 3.80. The molecule has 0 spiro atoms. The first kappa shape index (κ1) is 29.6. The predicted octanol–water partition coefficient (Wildman–Crippen LogP) is 3.82. The van der Waals surface area contributed by atoms with Crippen LogP contribution in [-0.4, -0.2) is 85.8 Å². The number of aromatic nitrogens is 6. The van der Waals surface area contributed by atoms with Crippen molar-refractivity contribution in [1.82, 2.24) is 29.1 Å². The molecule has 1 aliphatic heterocycles. The molecule has 0 amide bonds. The van der Waals surface area contributed by atoms with Gasteiger partial charge in [-0.1, -0.05) is 0 Å². The minimum Gasteiger partial charge on any atom is -0.390 e. The summed E-state index contributed by atoms with van der Waals surface area (Å²) in [5, 5.41) is 21.2. The molecular formula is C31H37N9O4S. The third-order valence-electron chi connectivity index (χ3n) is 8.66. The van der Waals surface area contributed by atoms with Crippen molar-refractivity contribution in [3.63, 3.8) is 0 Å². The van der Waals surface area contributed by atoms with Gasteiger partial charge >= 0.3 is 0 Å². The Balaban J connectivity index is 1.16. The quantitative estimate of drug-likeness (QED) is 0.245. The van der Waals surface area contributed by atoms with Crippen LogP contribution in [0.4, 0.5) is 23.0 Å². The third-order valence-corrected chi connectivity index (χ3v) is 10.7. The van der Waals surface area contributed by atoms with E-state index in [2.05, 4.69) is 36.7 Å². The number of anilines is 4. The number of rotatable bonds is 9. The van der Waals surface area contributed by atoms with Gasteiger partial charge in [0, 0.05) is 60.7 Å². The first-order chi connectivity index (χ1) is 21.7. The van der Waals surface area contributed by atoms with Crippen LogP contribution in [0.1, 0.15) is 45.4 Å². The Bertz CT molecular complexity index is 1780. The van der Waals surface area contributed by atoms with E-state index in [9.17, 15) is 13.5 Å². The summed E-state index contributed by atoms with van der Waals surface area (Å²) < 4.78 is 31.7. The number of hydrogen-bond donors (Lipinski definition) is 3. The van der Waals surface area contributed by atoms with E-state index in [-0.39, 0.29) is 11.3 Å². The van der Waals surface area contributed by atoms with E-state index < -0.39 is 15.6 Å². The molecule has 7 rings (SSSR count). The molecule has 1 saturated heterocycles. The Kier molecular flexibility index (Phi) is 7.88. The molecular weight excluding hydrogens is 594 g/mol. The van der Waals surface area contributed by atoms with Crippen LogP contribution in [0.5, 0.6) is 0 Å². The lowest BCUT2D eigenvalue weighted by Crippen LogP contribution is -2.36. The minimum absolute atomic E-state index is 0.191. The molecule has 13 nitrogen and oxygen atoms in total. The standard InChI is InChI=1S/C31H37N9O4S/c1-31(41)8-4-22(5-9-31)36-27-17-29(34-19-25(27)26-16-23(6-10-32-26)39-12-14-44-15-13-39)37-28-7-11-33-30(38-28)21-18-35-40(20-21)45(42,43)24-2-3-24/h6-7,10-11,16-20,22,24,41H,2-5,8-9,12-15H2,1H3,(H2,33,34,36,37,38). The van der Waals surface area contributed by atoms with Crippen molar-refractivity contribution in [3.8, 4) is 22.6 Å². The largest absolute Gasteiger partial charge is 0.390 e. The van der Waals surface area contributed by atoms with Crippen molar-refractivity contribution < 1.29 is 18.3 Å². The first-order valence-corrected chi connectivity index (χ1v) is 16.9. The zero-order chi connectivity index (χ0) is 31.0. The maximum atomic E-state index is 12.6. The van der Waals surface area contributed by atoms with Crippen LogP contribution in [0.2, 0.25) is 0 Å². The van der Waals surface area contributed by atoms with Gasteiger partial charge < -0.3 is 25.4 Å². The van der Waals surface area contributed by atoms with Crippen LogP contribution in [0.15, 0.2) is 55.2 Å². The van der Waals surface area contributed by atoms with Gasteiger partial charge in [-0.3, -0.25) is 4.98 Å². The van der Waals surface area contributed by atoms with Crippen molar-refractivity contribution in [3.05, 3.63) is 55.2 Å². The number of pyridine rings is 2. The van der Waals surface area contributed by atoms with Gasteiger partial charge in [-0.25, -0.2) is 23.4 Å². The van der Waals surface area contributed by atoms with Gasteiger partial charge in [-0.15, -0.1) is 0 Å². The number of ether oxygens (including phenoxy) is 1. The first-order valence-electron chi connectivity index (χ1n) is 15.4. The molecule has 5 heterocycles. The fourth-order valence-corrected chi connectivity index (χ4v) is 7.29. The van der Waals surface area contributed by atoms with Crippen molar-refractivity contribution in [2.75, 3.05) is 41.8 Å². The lowest BCUT2D eigenvalue weighted by atomic mass is 9.83. The zero-order valence-corrected chi connectivity index (χ0v) is 25.9. The summed E-state index contributed by atoms with van der Waals surface area (Å²) in [5.74, 6) is 1.43. The van der Waals surface area contributed by atoms with Crippen molar-refractivity contribution in [1.29, 1.82) is 0 Å². The smallest absolute Gasteiger partial charge is 0.256 e. The summed E-state index contributed by atoms with van der Waals surface area (Å²) >= 11 is 0. The van der Waals surface area contributed by atoms with Crippen molar-refractivity contribution in [2.45, 2.75) is 62.3 Å². The average molecular weight is 632 g/mol. The Labute approximate surface area is 262 Å². The highest BCUT2D eigenvalue weighted by atomic mass is 32.2. The Morgan fingerprint density at radius 2 is 1.76 bits per heavy atom. The Hall–Kier alpha value is -4.14. The molecule has 2 saturated carbocycles. The summed E-state index contributed by atoms with van der Waals surface area (Å²) in [6.07, 6.45) is 12.6. The van der Waals surface area contributed by atoms with Crippen LogP contribution >= 0.6 is 0 Å². The van der Waals surface area contributed by atoms with E-state index in [0.29, 0.717) is 49.1 Å². The highest BCUT2D eigenvalue weighted by Crippen LogP contribution is 2.35. The molecule has 0 atom stereocenters. The third kappa shape index (κ3) is 6.63. The minimum atomic E-state index is -3.48. The molecule has 0 aromatic carbocycles. The number of hydrogen-bond acceptors (Lipinski definition) is 12.